The second kappa shape index (κ2) is 3.16. The van der Waals surface area contributed by atoms with Crippen molar-refractivity contribution >= 4 is 10.0 Å². The third-order valence-electron chi connectivity index (χ3n) is 1.63. The summed E-state index contributed by atoms with van der Waals surface area (Å²) in [6.07, 6.45) is 1.58. The van der Waals surface area contributed by atoms with Crippen molar-refractivity contribution < 1.29 is 8.42 Å². The Kier molecular flexibility index (Phi) is 3.05. The maximum atomic E-state index is 10.7. The predicted molar refractivity (Wildman–Crippen MR) is 41.9 cm³/mol. The lowest BCUT2D eigenvalue weighted by Crippen LogP contribution is -2.30. The highest BCUT2D eigenvalue weighted by Crippen LogP contribution is 2.09. The van der Waals surface area contributed by atoms with Gasteiger partial charge in [-0.2, -0.15) is 0 Å². The molecule has 0 heterocycles. The molecule has 0 aliphatic rings. The number of primary sulfonamides is 1. The SMILES string of the molecule is C=CC(C)C(C)S(N)(=O)=O. The largest absolute Gasteiger partial charge is 0.228 e. The van der Waals surface area contributed by atoms with Gasteiger partial charge in [0.05, 0.1) is 5.25 Å². The maximum absolute atomic E-state index is 10.7. The van der Waals surface area contributed by atoms with Crippen LogP contribution in [0.1, 0.15) is 13.8 Å². The Labute approximate surface area is 62.0 Å². The second-order valence-electron chi connectivity index (χ2n) is 2.39. The average Bonchev–Trinajstić information content (AvgIpc) is 1.83. The first-order chi connectivity index (χ1) is 4.39. The minimum absolute atomic E-state index is 0.0880. The number of nitrogens with two attached hydrogens (primary N) is 1. The summed E-state index contributed by atoms with van der Waals surface area (Å²) in [6.45, 7) is 6.81. The molecule has 2 N–H and O–H groups in total. The highest BCUT2D eigenvalue weighted by atomic mass is 32.2. The summed E-state index contributed by atoms with van der Waals surface area (Å²) in [5.74, 6) is -0.0880. The molecular formula is C6H13NO2S. The topological polar surface area (TPSA) is 60.2 Å². The summed E-state index contributed by atoms with van der Waals surface area (Å²) < 4.78 is 21.3. The van der Waals surface area contributed by atoms with Crippen LogP contribution >= 0.6 is 0 Å². The molecular weight excluding hydrogens is 150 g/mol. The molecule has 0 aromatic carbocycles. The summed E-state index contributed by atoms with van der Waals surface area (Å²) >= 11 is 0. The van der Waals surface area contributed by atoms with Crippen LogP contribution in [0, 0.1) is 5.92 Å². The maximum Gasteiger partial charge on any atom is 0.212 e. The molecule has 2 atom stereocenters. The van der Waals surface area contributed by atoms with Gasteiger partial charge in [-0.1, -0.05) is 13.0 Å². The van der Waals surface area contributed by atoms with E-state index in [1.54, 1.807) is 19.9 Å². The van der Waals surface area contributed by atoms with Crippen LogP contribution in [0.3, 0.4) is 0 Å². The van der Waals surface area contributed by atoms with E-state index in [2.05, 4.69) is 6.58 Å². The first-order valence-corrected chi connectivity index (χ1v) is 4.64. The number of hydrogen-bond donors (Lipinski definition) is 1. The molecule has 4 heteroatoms. The van der Waals surface area contributed by atoms with Gasteiger partial charge in [-0.25, -0.2) is 13.6 Å². The van der Waals surface area contributed by atoms with Crippen molar-refractivity contribution in [3.05, 3.63) is 12.7 Å². The van der Waals surface area contributed by atoms with Crippen molar-refractivity contribution in [3.8, 4) is 0 Å². The molecule has 10 heavy (non-hydrogen) atoms. The van der Waals surface area contributed by atoms with Crippen molar-refractivity contribution in [3.63, 3.8) is 0 Å². The average molecular weight is 163 g/mol. The first kappa shape index (κ1) is 9.65. The Hall–Kier alpha value is -0.350. The lowest BCUT2D eigenvalue weighted by atomic mass is 10.1. The van der Waals surface area contributed by atoms with E-state index in [0.29, 0.717) is 0 Å². The highest BCUT2D eigenvalue weighted by Gasteiger charge is 2.19. The van der Waals surface area contributed by atoms with E-state index >= 15 is 0 Å². The molecule has 0 saturated carbocycles. The molecule has 0 saturated heterocycles. The van der Waals surface area contributed by atoms with Crippen molar-refractivity contribution in [1.29, 1.82) is 0 Å². The zero-order valence-electron chi connectivity index (χ0n) is 6.24. The summed E-state index contributed by atoms with van der Waals surface area (Å²) in [6, 6.07) is 0. The van der Waals surface area contributed by atoms with E-state index in [9.17, 15) is 8.42 Å². The number of sulfonamides is 1. The lowest BCUT2D eigenvalue weighted by molar-refractivity contribution is 0.565. The monoisotopic (exact) mass is 163 g/mol. The fraction of sp³-hybridized carbons (Fsp3) is 0.667. The zero-order valence-corrected chi connectivity index (χ0v) is 7.06. The van der Waals surface area contributed by atoms with Gasteiger partial charge in [0.25, 0.3) is 0 Å². The Bertz CT molecular complexity index is 208. The Morgan fingerprint density at radius 3 is 2.00 bits per heavy atom. The fourth-order valence-electron chi connectivity index (χ4n) is 0.491. The molecule has 0 spiro atoms. The molecule has 0 aliphatic carbocycles. The van der Waals surface area contributed by atoms with Crippen molar-refractivity contribution in [2.24, 2.45) is 11.1 Å². The van der Waals surface area contributed by atoms with Gasteiger partial charge in [-0.3, -0.25) is 0 Å². The van der Waals surface area contributed by atoms with Crippen molar-refractivity contribution in [2.45, 2.75) is 19.1 Å². The summed E-state index contributed by atoms with van der Waals surface area (Å²) in [5.41, 5.74) is 0. The van der Waals surface area contributed by atoms with E-state index in [1.807, 2.05) is 0 Å². The van der Waals surface area contributed by atoms with Crippen molar-refractivity contribution in [1.82, 2.24) is 0 Å². The van der Waals surface area contributed by atoms with Gasteiger partial charge in [-0.05, 0) is 12.8 Å². The third kappa shape index (κ3) is 2.49. The van der Waals surface area contributed by atoms with Crippen LogP contribution in [0.4, 0.5) is 0 Å². The van der Waals surface area contributed by atoms with Gasteiger partial charge in [-0.15, -0.1) is 6.58 Å². The second-order valence-corrected chi connectivity index (χ2v) is 4.31. The lowest BCUT2D eigenvalue weighted by Gasteiger charge is -2.12. The minimum Gasteiger partial charge on any atom is -0.228 e. The quantitative estimate of drug-likeness (QED) is 0.615. The van der Waals surface area contributed by atoms with Gasteiger partial charge in [0.2, 0.25) is 10.0 Å². The molecule has 0 amide bonds. The van der Waals surface area contributed by atoms with Crippen molar-refractivity contribution in [2.75, 3.05) is 0 Å². The number of rotatable bonds is 3. The Morgan fingerprint density at radius 2 is 1.90 bits per heavy atom. The van der Waals surface area contributed by atoms with Crippen LogP contribution in [-0.2, 0) is 10.0 Å². The van der Waals surface area contributed by atoms with E-state index in [1.165, 1.54) is 0 Å². The molecule has 0 aromatic heterocycles. The highest BCUT2D eigenvalue weighted by molar-refractivity contribution is 7.89. The smallest absolute Gasteiger partial charge is 0.212 e. The molecule has 2 unspecified atom stereocenters. The van der Waals surface area contributed by atoms with Crippen LogP contribution < -0.4 is 5.14 Å². The normalized spacial score (nSPS) is 17.9. The fourth-order valence-corrected chi connectivity index (χ4v) is 1.20. The molecule has 0 fully saturated rings. The standard InChI is InChI=1S/C6H13NO2S/c1-4-5(2)6(3)10(7,8)9/h4-6H,1H2,2-3H3,(H2,7,8,9). The third-order valence-corrected chi connectivity index (χ3v) is 3.10. The van der Waals surface area contributed by atoms with E-state index in [0.717, 1.165) is 0 Å². The van der Waals surface area contributed by atoms with Gasteiger partial charge in [0.15, 0.2) is 0 Å². The number of hydrogen-bond acceptors (Lipinski definition) is 2. The minimum atomic E-state index is -3.39. The molecule has 0 radical (unpaired) electrons. The summed E-state index contributed by atoms with van der Waals surface area (Å²) in [7, 11) is -3.39. The molecule has 0 aliphatic heterocycles. The first-order valence-electron chi connectivity index (χ1n) is 3.03. The summed E-state index contributed by atoms with van der Waals surface area (Å²) in [4.78, 5) is 0. The van der Waals surface area contributed by atoms with Crippen LogP contribution in [0.15, 0.2) is 12.7 Å². The van der Waals surface area contributed by atoms with Gasteiger partial charge in [0.1, 0.15) is 0 Å². The number of allylic oxidation sites excluding steroid dienone is 1. The van der Waals surface area contributed by atoms with Crippen LogP contribution in [-0.4, -0.2) is 13.7 Å². The molecule has 0 bridgehead atoms. The molecule has 0 rings (SSSR count). The Morgan fingerprint density at radius 1 is 1.50 bits per heavy atom. The van der Waals surface area contributed by atoms with E-state index < -0.39 is 15.3 Å². The van der Waals surface area contributed by atoms with E-state index in [-0.39, 0.29) is 5.92 Å². The molecule has 3 nitrogen and oxygen atoms in total. The predicted octanol–water partition coefficient (Wildman–Crippen LogP) is 0.486. The van der Waals surface area contributed by atoms with Gasteiger partial charge >= 0.3 is 0 Å². The summed E-state index contributed by atoms with van der Waals surface area (Å²) in [5, 5.41) is 4.34. The van der Waals surface area contributed by atoms with Crippen LogP contribution in [0.5, 0.6) is 0 Å². The van der Waals surface area contributed by atoms with Gasteiger partial charge in [0, 0.05) is 0 Å². The zero-order chi connectivity index (χ0) is 8.36. The molecule has 0 aromatic rings. The molecule has 60 valence electrons. The van der Waals surface area contributed by atoms with Crippen LogP contribution in [0.25, 0.3) is 0 Å². The van der Waals surface area contributed by atoms with Crippen LogP contribution in [0.2, 0.25) is 0 Å². The Balaban J connectivity index is 4.37. The van der Waals surface area contributed by atoms with E-state index in [4.69, 9.17) is 5.14 Å². The van der Waals surface area contributed by atoms with Gasteiger partial charge < -0.3 is 0 Å².